The zero-order valence-corrected chi connectivity index (χ0v) is 14.6. The lowest BCUT2D eigenvalue weighted by molar-refractivity contribution is -0.140. The molecule has 0 bridgehead atoms. The lowest BCUT2D eigenvalue weighted by Gasteiger charge is -2.19. The molecule has 7 heteroatoms. The van der Waals surface area contributed by atoms with Gasteiger partial charge in [-0.3, -0.25) is 19.3 Å². The van der Waals surface area contributed by atoms with Crippen molar-refractivity contribution < 1.29 is 23.5 Å². The van der Waals surface area contributed by atoms with Gasteiger partial charge in [0, 0.05) is 13.0 Å². The summed E-state index contributed by atoms with van der Waals surface area (Å²) in [4.78, 5) is 37.8. The van der Waals surface area contributed by atoms with Crippen LogP contribution in [-0.4, -0.2) is 42.3 Å². The van der Waals surface area contributed by atoms with Gasteiger partial charge in [-0.2, -0.15) is 0 Å². The third kappa shape index (κ3) is 4.20. The van der Waals surface area contributed by atoms with Crippen LogP contribution in [0.15, 0.2) is 24.3 Å². The SMILES string of the molecule is O=C(CCN1C(=O)C2CCCCC2C1=O)NCCOc1ccc(F)cc1. The number of nitrogens with one attached hydrogen (secondary N) is 1. The molecule has 1 aromatic carbocycles. The van der Waals surface area contributed by atoms with E-state index in [9.17, 15) is 18.8 Å². The van der Waals surface area contributed by atoms with Crippen LogP contribution >= 0.6 is 0 Å². The Balaban J connectivity index is 1.37. The smallest absolute Gasteiger partial charge is 0.233 e. The minimum absolute atomic E-state index is 0.0907. The number of benzene rings is 1. The minimum Gasteiger partial charge on any atom is -0.492 e. The van der Waals surface area contributed by atoms with Gasteiger partial charge in [0.05, 0.1) is 18.4 Å². The number of ether oxygens (including phenoxy) is 1. The summed E-state index contributed by atoms with van der Waals surface area (Å²) < 4.78 is 18.2. The van der Waals surface area contributed by atoms with Gasteiger partial charge in [0.1, 0.15) is 18.2 Å². The molecule has 1 aliphatic carbocycles. The van der Waals surface area contributed by atoms with Crippen molar-refractivity contribution in [2.75, 3.05) is 19.7 Å². The highest BCUT2D eigenvalue weighted by Gasteiger charge is 2.47. The number of rotatable bonds is 7. The van der Waals surface area contributed by atoms with E-state index in [1.807, 2.05) is 0 Å². The first-order valence-electron chi connectivity index (χ1n) is 9.06. The molecule has 3 amide bonds. The number of hydrogen-bond acceptors (Lipinski definition) is 4. The van der Waals surface area contributed by atoms with E-state index in [2.05, 4.69) is 5.32 Å². The van der Waals surface area contributed by atoms with Crippen molar-refractivity contribution in [2.24, 2.45) is 11.8 Å². The first-order valence-corrected chi connectivity index (χ1v) is 9.06. The number of hydrogen-bond donors (Lipinski definition) is 1. The summed E-state index contributed by atoms with van der Waals surface area (Å²) >= 11 is 0. The predicted octanol–water partition coefficient (Wildman–Crippen LogP) is 1.89. The van der Waals surface area contributed by atoms with Crippen LogP contribution in [0, 0.1) is 17.7 Å². The fourth-order valence-electron chi connectivity index (χ4n) is 3.64. The maximum absolute atomic E-state index is 12.8. The number of carbonyl (C=O) groups excluding carboxylic acids is 3. The average Bonchev–Trinajstić information content (AvgIpc) is 2.89. The largest absolute Gasteiger partial charge is 0.492 e. The van der Waals surface area contributed by atoms with Crippen LogP contribution in [0.1, 0.15) is 32.1 Å². The van der Waals surface area contributed by atoms with E-state index in [1.165, 1.54) is 29.2 Å². The molecule has 140 valence electrons. The summed E-state index contributed by atoms with van der Waals surface area (Å²) in [5, 5.41) is 2.69. The Kier molecular flexibility index (Phi) is 5.85. The number of halogens is 1. The van der Waals surface area contributed by atoms with Crippen LogP contribution < -0.4 is 10.1 Å². The van der Waals surface area contributed by atoms with Crippen LogP contribution in [-0.2, 0) is 14.4 Å². The van der Waals surface area contributed by atoms with E-state index < -0.39 is 0 Å². The van der Waals surface area contributed by atoms with Gasteiger partial charge in [0.25, 0.3) is 0 Å². The monoisotopic (exact) mass is 362 g/mol. The van der Waals surface area contributed by atoms with Gasteiger partial charge < -0.3 is 10.1 Å². The summed E-state index contributed by atoms with van der Waals surface area (Å²) in [5.41, 5.74) is 0. The van der Waals surface area contributed by atoms with Gasteiger partial charge >= 0.3 is 0 Å². The maximum atomic E-state index is 12.8. The molecule has 3 rings (SSSR count). The van der Waals surface area contributed by atoms with Crippen LogP contribution in [0.25, 0.3) is 0 Å². The first kappa shape index (κ1) is 18.4. The number of amides is 3. The van der Waals surface area contributed by atoms with E-state index in [4.69, 9.17) is 4.74 Å². The number of nitrogens with zero attached hydrogens (tertiary/aromatic N) is 1. The molecule has 2 fully saturated rings. The molecule has 2 atom stereocenters. The summed E-state index contributed by atoms with van der Waals surface area (Å²) in [6.45, 7) is 0.682. The Morgan fingerprint density at radius 2 is 1.73 bits per heavy atom. The molecule has 1 aliphatic heterocycles. The number of likely N-dealkylation sites (tertiary alicyclic amines) is 1. The Hall–Kier alpha value is -2.44. The number of imide groups is 1. The van der Waals surface area contributed by atoms with Crippen molar-refractivity contribution in [3.8, 4) is 5.75 Å². The Bertz CT molecular complexity index is 653. The molecule has 2 unspecified atom stereocenters. The number of fused-ring (bicyclic) bond motifs is 1. The predicted molar refractivity (Wildman–Crippen MR) is 91.7 cm³/mol. The lowest BCUT2D eigenvalue weighted by atomic mass is 9.81. The zero-order chi connectivity index (χ0) is 18.5. The van der Waals surface area contributed by atoms with Gasteiger partial charge in [-0.25, -0.2) is 4.39 Å². The maximum Gasteiger partial charge on any atom is 0.233 e. The molecule has 0 radical (unpaired) electrons. The fraction of sp³-hybridized carbons (Fsp3) is 0.526. The standard InChI is InChI=1S/C19H23FN2O4/c20-13-5-7-14(8-6-13)26-12-10-21-17(23)9-11-22-18(24)15-3-1-2-4-16(15)19(22)25/h5-8,15-16H,1-4,9-12H2,(H,21,23). The molecule has 1 saturated carbocycles. The van der Waals surface area contributed by atoms with Crippen molar-refractivity contribution in [1.82, 2.24) is 10.2 Å². The molecule has 1 heterocycles. The first-order chi connectivity index (χ1) is 12.6. The third-order valence-electron chi connectivity index (χ3n) is 5.00. The Labute approximate surface area is 151 Å². The molecular formula is C19H23FN2O4. The topological polar surface area (TPSA) is 75.7 Å². The second kappa shape index (κ2) is 8.29. The van der Waals surface area contributed by atoms with Gasteiger partial charge in [0.2, 0.25) is 17.7 Å². The van der Waals surface area contributed by atoms with Gasteiger partial charge in [0.15, 0.2) is 0 Å². The number of carbonyl (C=O) groups is 3. The van der Waals surface area contributed by atoms with Crippen LogP contribution in [0.5, 0.6) is 5.75 Å². The van der Waals surface area contributed by atoms with Crippen LogP contribution in [0.4, 0.5) is 4.39 Å². The van der Waals surface area contributed by atoms with E-state index in [1.54, 1.807) is 0 Å². The quantitative estimate of drug-likeness (QED) is 0.594. The minimum atomic E-state index is -0.337. The van der Waals surface area contributed by atoms with Crippen molar-refractivity contribution in [1.29, 1.82) is 0 Å². The average molecular weight is 362 g/mol. The molecule has 1 saturated heterocycles. The van der Waals surface area contributed by atoms with Gasteiger partial charge in [-0.1, -0.05) is 12.8 Å². The highest BCUT2D eigenvalue weighted by atomic mass is 19.1. The van der Waals surface area contributed by atoms with Crippen molar-refractivity contribution in [2.45, 2.75) is 32.1 Å². The van der Waals surface area contributed by atoms with Crippen LogP contribution in [0.2, 0.25) is 0 Å². The summed E-state index contributed by atoms with van der Waals surface area (Å²) in [7, 11) is 0. The molecule has 26 heavy (non-hydrogen) atoms. The molecule has 1 aromatic rings. The molecule has 6 nitrogen and oxygen atoms in total. The normalized spacial score (nSPS) is 22.3. The van der Waals surface area contributed by atoms with E-state index in [0.29, 0.717) is 12.3 Å². The summed E-state index contributed by atoms with van der Waals surface area (Å²) in [5.74, 6) is -0.637. The van der Waals surface area contributed by atoms with Gasteiger partial charge in [-0.15, -0.1) is 0 Å². The van der Waals surface area contributed by atoms with Crippen LogP contribution in [0.3, 0.4) is 0 Å². The van der Waals surface area contributed by atoms with E-state index in [0.717, 1.165) is 25.7 Å². The fourth-order valence-corrected chi connectivity index (χ4v) is 3.64. The van der Waals surface area contributed by atoms with E-state index in [-0.39, 0.29) is 54.9 Å². The molecule has 2 aliphatic rings. The molecule has 0 aromatic heterocycles. The lowest BCUT2D eigenvalue weighted by Crippen LogP contribution is -2.36. The highest BCUT2D eigenvalue weighted by molar-refractivity contribution is 6.05. The Morgan fingerprint density at radius 1 is 1.12 bits per heavy atom. The van der Waals surface area contributed by atoms with Crippen molar-refractivity contribution in [3.63, 3.8) is 0 Å². The highest BCUT2D eigenvalue weighted by Crippen LogP contribution is 2.37. The molecule has 1 N–H and O–H groups in total. The van der Waals surface area contributed by atoms with E-state index >= 15 is 0 Å². The van der Waals surface area contributed by atoms with Crippen molar-refractivity contribution in [3.05, 3.63) is 30.1 Å². The third-order valence-corrected chi connectivity index (χ3v) is 5.00. The summed E-state index contributed by atoms with van der Waals surface area (Å²) in [6, 6.07) is 5.63. The van der Waals surface area contributed by atoms with Crippen molar-refractivity contribution >= 4 is 17.7 Å². The van der Waals surface area contributed by atoms with Gasteiger partial charge in [-0.05, 0) is 37.1 Å². The zero-order valence-electron chi connectivity index (χ0n) is 14.6. The molecular weight excluding hydrogens is 339 g/mol. The second-order valence-corrected chi connectivity index (χ2v) is 6.73. The molecule has 0 spiro atoms. The Morgan fingerprint density at radius 3 is 2.35 bits per heavy atom. The summed E-state index contributed by atoms with van der Waals surface area (Å²) in [6.07, 6.45) is 3.62. The second-order valence-electron chi connectivity index (χ2n) is 6.73.